The molecule has 1 aromatic heterocycles. The van der Waals surface area contributed by atoms with E-state index < -0.39 is 11.7 Å². The number of benzene rings is 1. The monoisotopic (exact) mass is 294 g/mol. The fourth-order valence-corrected chi connectivity index (χ4v) is 2.34. The van der Waals surface area contributed by atoms with E-state index in [9.17, 15) is 13.2 Å². The highest BCUT2D eigenvalue weighted by atomic mass is 32.2. The summed E-state index contributed by atoms with van der Waals surface area (Å²) in [4.78, 5) is 4.71. The van der Waals surface area contributed by atoms with Gasteiger partial charge in [0.05, 0.1) is 5.56 Å². The van der Waals surface area contributed by atoms with Gasteiger partial charge in [0, 0.05) is 16.8 Å². The van der Waals surface area contributed by atoms with Gasteiger partial charge in [0.25, 0.3) is 0 Å². The van der Waals surface area contributed by atoms with Gasteiger partial charge in [0.15, 0.2) is 0 Å². The van der Waals surface area contributed by atoms with Gasteiger partial charge in [-0.25, -0.2) is 4.98 Å². The minimum absolute atomic E-state index is 0.313. The van der Waals surface area contributed by atoms with E-state index in [0.717, 1.165) is 17.0 Å². The van der Waals surface area contributed by atoms with Crippen LogP contribution in [0.1, 0.15) is 16.8 Å². The highest BCUT2D eigenvalue weighted by Crippen LogP contribution is 2.31. The number of halogens is 3. The topological polar surface area (TPSA) is 36.7 Å². The van der Waals surface area contributed by atoms with Gasteiger partial charge in [-0.2, -0.15) is 18.4 Å². The number of rotatable bonds is 3. The van der Waals surface area contributed by atoms with E-state index in [2.05, 4.69) is 4.98 Å². The number of aromatic nitrogens is 1. The zero-order valence-corrected chi connectivity index (χ0v) is 11.0. The maximum Gasteiger partial charge on any atom is 0.416 e. The number of nitrogens with zero attached hydrogens (tertiary/aromatic N) is 2. The molecule has 2 rings (SSSR count). The summed E-state index contributed by atoms with van der Waals surface area (Å²) in [6.07, 6.45) is -2.78. The summed E-state index contributed by atoms with van der Waals surface area (Å²) in [5.74, 6) is 0.414. The van der Waals surface area contributed by atoms with Crippen molar-refractivity contribution in [3.8, 4) is 6.07 Å². The lowest BCUT2D eigenvalue weighted by Crippen LogP contribution is -2.04. The lowest BCUT2D eigenvalue weighted by Gasteiger charge is -2.08. The standard InChI is InChI=1S/C14H9F3N2S/c15-14(16,17)11-3-1-2-10(6-11)9-20-13-5-4-12(7-18)19-8-13/h1-6,8H,9H2. The van der Waals surface area contributed by atoms with Crippen molar-refractivity contribution in [2.75, 3.05) is 0 Å². The Balaban J connectivity index is 2.05. The molecule has 0 spiro atoms. The minimum Gasteiger partial charge on any atom is -0.244 e. The Kier molecular flexibility index (Phi) is 4.30. The second-order valence-corrected chi connectivity index (χ2v) is 5.03. The Bertz CT molecular complexity index is 630. The molecular weight excluding hydrogens is 285 g/mol. The number of pyridine rings is 1. The molecule has 1 aromatic carbocycles. The van der Waals surface area contributed by atoms with Gasteiger partial charge in [0.1, 0.15) is 11.8 Å². The SMILES string of the molecule is N#Cc1ccc(SCc2cccc(C(F)(F)F)c2)cn1. The Labute approximate surface area is 118 Å². The van der Waals surface area contributed by atoms with Crippen molar-refractivity contribution in [2.24, 2.45) is 0 Å². The molecule has 2 nitrogen and oxygen atoms in total. The number of hydrogen-bond acceptors (Lipinski definition) is 3. The molecule has 0 aliphatic carbocycles. The lowest BCUT2D eigenvalue weighted by atomic mass is 10.1. The van der Waals surface area contributed by atoms with E-state index >= 15 is 0 Å². The number of alkyl halides is 3. The number of hydrogen-bond donors (Lipinski definition) is 0. The second kappa shape index (κ2) is 5.97. The van der Waals surface area contributed by atoms with Crippen molar-refractivity contribution in [1.82, 2.24) is 4.98 Å². The Hall–Kier alpha value is -2.00. The normalized spacial score (nSPS) is 11.1. The molecular formula is C14H9F3N2S. The summed E-state index contributed by atoms with van der Waals surface area (Å²) in [6, 6.07) is 10.5. The Morgan fingerprint density at radius 3 is 2.60 bits per heavy atom. The molecule has 1 heterocycles. The van der Waals surface area contributed by atoms with Crippen LogP contribution in [0.4, 0.5) is 13.2 Å². The fraction of sp³-hybridized carbons (Fsp3) is 0.143. The van der Waals surface area contributed by atoms with E-state index in [1.54, 1.807) is 18.2 Å². The van der Waals surface area contributed by atoms with E-state index in [1.165, 1.54) is 24.0 Å². The van der Waals surface area contributed by atoms with Gasteiger partial charge >= 0.3 is 6.18 Å². The van der Waals surface area contributed by atoms with Crippen LogP contribution in [0.25, 0.3) is 0 Å². The fourth-order valence-electron chi connectivity index (χ4n) is 1.54. The molecule has 102 valence electrons. The molecule has 0 radical (unpaired) electrons. The van der Waals surface area contributed by atoms with Crippen LogP contribution in [0.2, 0.25) is 0 Å². The highest BCUT2D eigenvalue weighted by Gasteiger charge is 2.30. The molecule has 0 aliphatic rings. The average molecular weight is 294 g/mol. The van der Waals surface area contributed by atoms with Crippen molar-refractivity contribution < 1.29 is 13.2 Å². The predicted octanol–water partition coefficient (Wildman–Crippen LogP) is 4.26. The van der Waals surface area contributed by atoms with Crippen molar-refractivity contribution in [3.63, 3.8) is 0 Å². The quantitative estimate of drug-likeness (QED) is 0.793. The van der Waals surface area contributed by atoms with Crippen LogP contribution in [0.3, 0.4) is 0 Å². The molecule has 0 atom stereocenters. The van der Waals surface area contributed by atoms with Crippen LogP contribution < -0.4 is 0 Å². The summed E-state index contributed by atoms with van der Waals surface area (Å²) < 4.78 is 37.7. The lowest BCUT2D eigenvalue weighted by molar-refractivity contribution is -0.137. The van der Waals surface area contributed by atoms with Gasteiger partial charge in [-0.05, 0) is 23.8 Å². The van der Waals surface area contributed by atoms with Crippen molar-refractivity contribution in [2.45, 2.75) is 16.8 Å². The van der Waals surface area contributed by atoms with Gasteiger partial charge in [0.2, 0.25) is 0 Å². The van der Waals surface area contributed by atoms with Crippen LogP contribution in [-0.2, 0) is 11.9 Å². The Morgan fingerprint density at radius 2 is 2.00 bits per heavy atom. The first kappa shape index (κ1) is 14.4. The largest absolute Gasteiger partial charge is 0.416 e. The molecule has 0 fully saturated rings. The molecule has 0 saturated carbocycles. The Morgan fingerprint density at radius 1 is 1.20 bits per heavy atom. The average Bonchev–Trinajstić information content (AvgIpc) is 2.45. The third kappa shape index (κ3) is 3.75. The summed E-state index contributed by atoms with van der Waals surface area (Å²) >= 11 is 1.37. The van der Waals surface area contributed by atoms with Gasteiger partial charge < -0.3 is 0 Å². The molecule has 6 heteroatoms. The first-order valence-corrected chi connectivity index (χ1v) is 6.63. The van der Waals surface area contributed by atoms with Gasteiger partial charge in [-0.3, -0.25) is 0 Å². The van der Waals surface area contributed by atoms with Crippen LogP contribution in [0, 0.1) is 11.3 Å². The number of thioether (sulfide) groups is 1. The molecule has 20 heavy (non-hydrogen) atoms. The molecule has 0 saturated heterocycles. The minimum atomic E-state index is -4.32. The van der Waals surface area contributed by atoms with Gasteiger partial charge in [-0.15, -0.1) is 11.8 Å². The molecule has 0 N–H and O–H groups in total. The first-order valence-electron chi connectivity index (χ1n) is 5.64. The summed E-state index contributed by atoms with van der Waals surface area (Å²) in [6.45, 7) is 0. The van der Waals surface area contributed by atoms with E-state index in [-0.39, 0.29) is 0 Å². The molecule has 0 aliphatic heterocycles. The van der Waals surface area contributed by atoms with Crippen LogP contribution in [0.15, 0.2) is 47.5 Å². The smallest absolute Gasteiger partial charge is 0.244 e. The predicted molar refractivity (Wildman–Crippen MR) is 70.0 cm³/mol. The summed E-state index contributed by atoms with van der Waals surface area (Å²) in [5, 5.41) is 8.62. The third-order valence-corrected chi connectivity index (χ3v) is 3.56. The molecule has 0 bridgehead atoms. The zero-order valence-electron chi connectivity index (χ0n) is 10.2. The maximum atomic E-state index is 12.6. The molecule has 0 unspecified atom stereocenters. The highest BCUT2D eigenvalue weighted by molar-refractivity contribution is 7.98. The van der Waals surface area contributed by atoms with E-state index in [4.69, 9.17) is 5.26 Å². The third-order valence-electron chi connectivity index (χ3n) is 2.51. The van der Waals surface area contributed by atoms with Crippen molar-refractivity contribution in [1.29, 1.82) is 5.26 Å². The first-order chi connectivity index (χ1) is 9.49. The second-order valence-electron chi connectivity index (χ2n) is 3.98. The molecule has 0 amide bonds. The number of nitriles is 1. The zero-order chi connectivity index (χ0) is 14.6. The van der Waals surface area contributed by atoms with Gasteiger partial charge in [-0.1, -0.05) is 18.2 Å². The van der Waals surface area contributed by atoms with Crippen LogP contribution >= 0.6 is 11.8 Å². The van der Waals surface area contributed by atoms with E-state index in [0.29, 0.717) is 17.0 Å². The molecule has 2 aromatic rings. The van der Waals surface area contributed by atoms with E-state index in [1.807, 2.05) is 6.07 Å². The van der Waals surface area contributed by atoms with Crippen LogP contribution in [0.5, 0.6) is 0 Å². The maximum absolute atomic E-state index is 12.6. The summed E-state index contributed by atoms with van der Waals surface area (Å²) in [5.41, 5.74) is 0.260. The summed E-state index contributed by atoms with van der Waals surface area (Å²) in [7, 11) is 0. The van der Waals surface area contributed by atoms with Crippen LogP contribution in [-0.4, -0.2) is 4.98 Å². The van der Waals surface area contributed by atoms with Crippen molar-refractivity contribution in [3.05, 3.63) is 59.4 Å². The van der Waals surface area contributed by atoms with Crippen molar-refractivity contribution >= 4 is 11.8 Å².